The third-order valence-corrected chi connectivity index (χ3v) is 5.16. The molecule has 1 aliphatic rings. The quantitative estimate of drug-likeness (QED) is 0.513. The minimum absolute atomic E-state index is 0.0192. The van der Waals surface area contributed by atoms with Crippen molar-refractivity contribution in [1.82, 2.24) is 4.90 Å². The molecule has 0 aliphatic carbocycles. The van der Waals surface area contributed by atoms with Gasteiger partial charge >= 0.3 is 0 Å². The SMILES string of the molecule is CCc1ccc2c(c1F)C(c1ccc(F)cc1)=N[C@@H](CC=O)C(=C/C=O)/C2=C\N(C)C. The Kier molecular flexibility index (Phi) is 6.90. The summed E-state index contributed by atoms with van der Waals surface area (Å²) < 4.78 is 29.3. The van der Waals surface area contributed by atoms with Gasteiger partial charge in [-0.25, -0.2) is 8.78 Å². The van der Waals surface area contributed by atoms with Gasteiger partial charge in [0.1, 0.15) is 24.2 Å². The highest BCUT2D eigenvalue weighted by Gasteiger charge is 2.30. The van der Waals surface area contributed by atoms with Gasteiger partial charge in [-0.2, -0.15) is 0 Å². The summed E-state index contributed by atoms with van der Waals surface area (Å²) in [7, 11) is 3.65. The number of aryl methyl sites for hydroxylation is 1. The first-order valence-electron chi connectivity index (χ1n) is 10.0. The number of aliphatic imine (C=N–C) groups is 1. The molecule has 0 N–H and O–H groups in total. The van der Waals surface area contributed by atoms with E-state index in [1.165, 1.54) is 30.3 Å². The highest BCUT2D eigenvalue weighted by Crippen LogP contribution is 2.37. The van der Waals surface area contributed by atoms with Crippen molar-refractivity contribution in [2.45, 2.75) is 25.8 Å². The van der Waals surface area contributed by atoms with Gasteiger partial charge in [-0.3, -0.25) is 9.79 Å². The Balaban J connectivity index is 2.45. The van der Waals surface area contributed by atoms with Crippen LogP contribution in [0.1, 0.15) is 35.6 Å². The second-order valence-corrected chi connectivity index (χ2v) is 7.48. The summed E-state index contributed by atoms with van der Waals surface area (Å²) in [4.78, 5) is 29.5. The first kappa shape index (κ1) is 22.3. The lowest BCUT2D eigenvalue weighted by molar-refractivity contribution is -0.108. The largest absolute Gasteiger partial charge is 0.383 e. The van der Waals surface area contributed by atoms with Gasteiger partial charge in [0.2, 0.25) is 0 Å². The molecule has 0 bridgehead atoms. The van der Waals surface area contributed by atoms with Crippen LogP contribution in [0, 0.1) is 11.6 Å². The monoisotopic (exact) mass is 422 g/mol. The minimum atomic E-state index is -0.689. The van der Waals surface area contributed by atoms with Crippen molar-refractivity contribution in [1.29, 1.82) is 0 Å². The predicted octanol–water partition coefficient (Wildman–Crippen LogP) is 4.36. The number of nitrogens with zero attached hydrogens (tertiary/aromatic N) is 2. The molecule has 1 aliphatic heterocycles. The Hall–Kier alpha value is -3.41. The number of fused-ring (bicyclic) bond motifs is 1. The van der Waals surface area contributed by atoms with Gasteiger partial charge in [-0.15, -0.1) is 0 Å². The first-order valence-corrected chi connectivity index (χ1v) is 10.0. The van der Waals surface area contributed by atoms with E-state index in [1.54, 1.807) is 17.2 Å². The summed E-state index contributed by atoms with van der Waals surface area (Å²) >= 11 is 0. The number of rotatable bonds is 6. The number of hydrogen-bond donors (Lipinski definition) is 0. The summed E-state index contributed by atoms with van der Waals surface area (Å²) in [6, 6.07) is 8.50. The number of carbonyl (C=O) groups is 2. The summed E-state index contributed by atoms with van der Waals surface area (Å²) in [5.41, 5.74) is 3.36. The van der Waals surface area contributed by atoms with Gasteiger partial charge in [0.15, 0.2) is 0 Å². The average molecular weight is 422 g/mol. The van der Waals surface area contributed by atoms with Crippen LogP contribution >= 0.6 is 0 Å². The van der Waals surface area contributed by atoms with Crippen LogP contribution in [0.4, 0.5) is 8.78 Å². The van der Waals surface area contributed by atoms with E-state index in [0.29, 0.717) is 46.3 Å². The van der Waals surface area contributed by atoms with Crippen LogP contribution in [-0.2, 0) is 16.0 Å². The second-order valence-electron chi connectivity index (χ2n) is 7.48. The van der Waals surface area contributed by atoms with Crippen LogP contribution < -0.4 is 0 Å². The molecule has 31 heavy (non-hydrogen) atoms. The molecule has 0 amide bonds. The number of benzene rings is 2. The normalized spacial score (nSPS) is 18.4. The average Bonchev–Trinajstić information content (AvgIpc) is 2.86. The lowest BCUT2D eigenvalue weighted by atomic mass is 9.87. The molecule has 0 radical (unpaired) electrons. The van der Waals surface area contributed by atoms with E-state index in [-0.39, 0.29) is 12.0 Å². The van der Waals surface area contributed by atoms with Crippen LogP contribution in [0.5, 0.6) is 0 Å². The number of carbonyl (C=O) groups excluding carboxylic acids is 2. The Bertz CT molecular complexity index is 1080. The predicted molar refractivity (Wildman–Crippen MR) is 118 cm³/mol. The second kappa shape index (κ2) is 9.60. The molecule has 0 aromatic heterocycles. The van der Waals surface area contributed by atoms with Crippen molar-refractivity contribution in [3.8, 4) is 0 Å². The number of halogens is 2. The van der Waals surface area contributed by atoms with Gasteiger partial charge in [0, 0.05) is 43.4 Å². The Labute approximate surface area is 180 Å². The zero-order chi connectivity index (χ0) is 22.5. The lowest BCUT2D eigenvalue weighted by Crippen LogP contribution is -2.14. The van der Waals surface area contributed by atoms with E-state index in [9.17, 15) is 14.0 Å². The van der Waals surface area contributed by atoms with Crippen molar-refractivity contribution >= 4 is 23.9 Å². The van der Waals surface area contributed by atoms with Gasteiger partial charge in [0.05, 0.1) is 11.8 Å². The molecule has 2 aromatic rings. The molecule has 0 fully saturated rings. The smallest absolute Gasteiger partial charge is 0.143 e. The maximum Gasteiger partial charge on any atom is 0.143 e. The Morgan fingerprint density at radius 1 is 1.06 bits per heavy atom. The van der Waals surface area contributed by atoms with Crippen LogP contribution in [0.2, 0.25) is 0 Å². The highest BCUT2D eigenvalue weighted by atomic mass is 19.1. The fourth-order valence-electron chi connectivity index (χ4n) is 3.75. The van der Waals surface area contributed by atoms with Crippen LogP contribution in [0.15, 0.2) is 59.2 Å². The molecule has 1 heterocycles. The minimum Gasteiger partial charge on any atom is -0.383 e. The fourth-order valence-corrected chi connectivity index (χ4v) is 3.75. The number of allylic oxidation sites excluding steroid dienone is 1. The molecule has 1 atom stereocenters. The maximum absolute atomic E-state index is 15.7. The van der Waals surface area contributed by atoms with E-state index in [4.69, 9.17) is 4.99 Å². The third-order valence-electron chi connectivity index (χ3n) is 5.16. The Morgan fingerprint density at radius 2 is 1.77 bits per heavy atom. The van der Waals surface area contributed by atoms with E-state index in [2.05, 4.69) is 0 Å². The van der Waals surface area contributed by atoms with Crippen molar-refractivity contribution in [3.05, 3.63) is 88.1 Å². The third kappa shape index (κ3) is 4.53. The van der Waals surface area contributed by atoms with E-state index < -0.39 is 17.7 Å². The molecular weight excluding hydrogens is 398 g/mol. The highest BCUT2D eigenvalue weighted by molar-refractivity contribution is 6.17. The molecular formula is C25H24F2N2O2. The van der Waals surface area contributed by atoms with Crippen molar-refractivity contribution in [3.63, 3.8) is 0 Å². The molecule has 0 spiro atoms. The summed E-state index contributed by atoms with van der Waals surface area (Å²) in [5, 5.41) is 0. The van der Waals surface area contributed by atoms with Crippen molar-refractivity contribution < 1.29 is 18.4 Å². The van der Waals surface area contributed by atoms with Crippen molar-refractivity contribution in [2.24, 2.45) is 4.99 Å². The van der Waals surface area contributed by atoms with E-state index >= 15 is 4.39 Å². The van der Waals surface area contributed by atoms with Crippen molar-refractivity contribution in [2.75, 3.05) is 14.1 Å². The summed E-state index contributed by atoms with van der Waals surface area (Å²) in [5.74, 6) is -0.829. The topological polar surface area (TPSA) is 49.7 Å². The molecule has 160 valence electrons. The van der Waals surface area contributed by atoms with Gasteiger partial charge in [0.25, 0.3) is 0 Å². The summed E-state index contributed by atoms with van der Waals surface area (Å²) in [6.07, 6.45) is 5.04. The zero-order valence-electron chi connectivity index (χ0n) is 17.7. The van der Waals surface area contributed by atoms with E-state index in [1.807, 2.05) is 27.1 Å². The molecule has 0 unspecified atom stereocenters. The van der Waals surface area contributed by atoms with E-state index in [0.717, 1.165) is 6.29 Å². The maximum atomic E-state index is 15.7. The summed E-state index contributed by atoms with van der Waals surface area (Å²) in [6.45, 7) is 1.86. The van der Waals surface area contributed by atoms with Gasteiger partial charge in [-0.1, -0.05) is 19.1 Å². The van der Waals surface area contributed by atoms with Crippen LogP contribution in [0.25, 0.3) is 5.57 Å². The van der Waals surface area contributed by atoms with Crippen LogP contribution in [0.3, 0.4) is 0 Å². The first-order chi connectivity index (χ1) is 14.9. The van der Waals surface area contributed by atoms with Gasteiger partial charge in [-0.05, 0) is 53.5 Å². The molecule has 0 saturated carbocycles. The van der Waals surface area contributed by atoms with Gasteiger partial charge < -0.3 is 9.69 Å². The fraction of sp³-hybridized carbons (Fsp3) is 0.240. The number of hydrogen-bond acceptors (Lipinski definition) is 4. The zero-order valence-corrected chi connectivity index (χ0v) is 17.7. The van der Waals surface area contributed by atoms with Crippen LogP contribution in [-0.4, -0.2) is 43.3 Å². The Morgan fingerprint density at radius 3 is 2.35 bits per heavy atom. The standard InChI is InChI=1S/C25H24F2N2O2/c1-4-16-7-10-20-21(15-29(2)3)19(11-13-30)22(12-14-31)28-25(23(20)24(16)27)17-5-8-18(26)9-6-17/h5-11,13-15,22H,4,12H2,1-3H3/b19-11+,21-15+/t22-/m0/s1. The molecule has 0 saturated heterocycles. The molecule has 2 aromatic carbocycles. The molecule has 3 rings (SSSR count). The number of aldehydes is 2. The molecule has 4 nitrogen and oxygen atoms in total. The lowest BCUT2D eigenvalue weighted by Gasteiger charge is -2.19. The molecule has 6 heteroatoms.